The zero-order chi connectivity index (χ0) is 22.2. The molecule has 1 N–H and O–H groups in total. The maximum Gasteiger partial charge on any atom is 0.103 e. The minimum Gasteiger partial charge on any atom is -0.393 e. The molecule has 176 valence electrons. The Balaban J connectivity index is 1.35. The molecular weight excluding hydrogens is 380 g/mol. The van der Waals surface area contributed by atoms with Crippen LogP contribution in [0.4, 0.5) is 0 Å². The molecule has 4 aliphatic carbocycles. The molecule has 1 aliphatic heterocycles. The lowest BCUT2D eigenvalue weighted by Crippen LogP contribution is -2.58. The van der Waals surface area contributed by atoms with E-state index in [4.69, 9.17) is 4.74 Å². The number of ether oxygens (including phenoxy) is 1. The van der Waals surface area contributed by atoms with Crippen molar-refractivity contribution >= 4 is 0 Å². The summed E-state index contributed by atoms with van der Waals surface area (Å²) in [5.41, 5.74) is 0.833. The van der Waals surface area contributed by atoms with E-state index in [0.29, 0.717) is 22.9 Å². The maximum absolute atomic E-state index is 10.4. The first-order valence-electron chi connectivity index (χ1n) is 13.7. The zero-order valence-electron chi connectivity index (χ0n) is 21.1. The number of rotatable bonds is 5. The Kier molecular flexibility index (Phi) is 5.50. The van der Waals surface area contributed by atoms with Gasteiger partial charge in [-0.25, -0.2) is 0 Å². The predicted octanol–water partition coefficient (Wildman–Crippen LogP) is 7.01. The molecule has 0 aromatic rings. The monoisotopic (exact) mass is 428 g/mol. The summed E-state index contributed by atoms with van der Waals surface area (Å²) in [4.78, 5) is 0. The Morgan fingerprint density at radius 1 is 1.00 bits per heavy atom. The average Bonchev–Trinajstić information content (AvgIpc) is 3.29. The summed E-state index contributed by atoms with van der Waals surface area (Å²) in [7, 11) is 0. The van der Waals surface area contributed by atoms with E-state index in [1.165, 1.54) is 44.9 Å². The van der Waals surface area contributed by atoms with Gasteiger partial charge in [0, 0.05) is 11.8 Å². The van der Waals surface area contributed by atoms with Gasteiger partial charge in [-0.2, -0.15) is 0 Å². The third kappa shape index (κ3) is 3.17. The molecular formula is C29H48O2. The third-order valence-corrected chi connectivity index (χ3v) is 11.8. The third-order valence-electron chi connectivity index (χ3n) is 11.8. The van der Waals surface area contributed by atoms with E-state index >= 15 is 0 Å². The molecule has 1 saturated heterocycles. The molecule has 5 rings (SSSR count). The molecule has 1 heterocycles. The van der Waals surface area contributed by atoms with Gasteiger partial charge >= 0.3 is 0 Å². The fourth-order valence-corrected chi connectivity index (χ4v) is 9.84. The Morgan fingerprint density at radius 2 is 1.77 bits per heavy atom. The van der Waals surface area contributed by atoms with Crippen LogP contribution in [0.25, 0.3) is 0 Å². The highest BCUT2D eigenvalue weighted by molar-refractivity contribution is 5.24. The number of aliphatic hydroxyl groups excluding tert-OH is 1. The topological polar surface area (TPSA) is 32.8 Å². The largest absolute Gasteiger partial charge is 0.393 e. The SMILES string of the molecule is CC[C@H](/C=C/[C@@H](C)[C@H]1CC[C@H]2[C@@H]3CC4OC45C[C@@H](O)CC[C@]5(C)[C@H]3CC[C@]12C)C(C)C. The fourth-order valence-electron chi connectivity index (χ4n) is 9.84. The molecule has 11 atom stereocenters. The first-order valence-corrected chi connectivity index (χ1v) is 13.7. The first kappa shape index (κ1) is 22.5. The van der Waals surface area contributed by atoms with E-state index < -0.39 is 0 Å². The van der Waals surface area contributed by atoms with Crippen LogP contribution in [-0.2, 0) is 4.74 Å². The van der Waals surface area contributed by atoms with Crippen LogP contribution in [0.2, 0.25) is 0 Å². The van der Waals surface area contributed by atoms with E-state index in [-0.39, 0.29) is 11.7 Å². The van der Waals surface area contributed by atoms with E-state index in [0.717, 1.165) is 48.3 Å². The van der Waals surface area contributed by atoms with Crippen molar-refractivity contribution in [1.82, 2.24) is 0 Å². The van der Waals surface area contributed by atoms with Crippen LogP contribution >= 0.6 is 0 Å². The second-order valence-corrected chi connectivity index (χ2v) is 13.2. The normalized spacial score (nSPS) is 52.9. The van der Waals surface area contributed by atoms with Gasteiger partial charge in [-0.15, -0.1) is 0 Å². The predicted molar refractivity (Wildman–Crippen MR) is 128 cm³/mol. The van der Waals surface area contributed by atoms with Crippen molar-refractivity contribution in [2.24, 2.45) is 52.3 Å². The quantitative estimate of drug-likeness (QED) is 0.377. The standard InChI is InChI=1S/C29H48O2/c1-7-20(18(2)3)9-8-19(4)23-10-11-24-22-16-26-29(31-26)17-21(30)12-15-28(29,6)25(22)13-14-27(23,24)5/h8-9,18-26,30H,7,10-17H2,1-6H3/b9-8+/t19-,20-,21+,22+,23-,24+,25+,26?,27-,28-,29?/m1/s1. The van der Waals surface area contributed by atoms with Crippen molar-refractivity contribution in [2.45, 2.75) is 117 Å². The van der Waals surface area contributed by atoms with E-state index in [2.05, 4.69) is 53.7 Å². The average molecular weight is 429 g/mol. The van der Waals surface area contributed by atoms with Crippen LogP contribution in [-0.4, -0.2) is 22.9 Å². The highest BCUT2D eigenvalue weighted by atomic mass is 16.6. The van der Waals surface area contributed by atoms with Crippen LogP contribution in [0, 0.1) is 52.3 Å². The Bertz CT molecular complexity index is 714. The second kappa shape index (κ2) is 7.59. The Hall–Kier alpha value is -0.340. The smallest absolute Gasteiger partial charge is 0.103 e. The summed E-state index contributed by atoms with van der Waals surface area (Å²) in [6.45, 7) is 14.8. The minimum absolute atomic E-state index is 0.0274. The van der Waals surface area contributed by atoms with Gasteiger partial charge in [-0.1, -0.05) is 53.7 Å². The number of epoxide rings is 1. The molecule has 2 heteroatoms. The Morgan fingerprint density at radius 3 is 2.48 bits per heavy atom. The summed E-state index contributed by atoms with van der Waals surface area (Å²) < 4.78 is 6.52. The molecule has 0 aromatic heterocycles. The van der Waals surface area contributed by atoms with Crippen LogP contribution in [0.1, 0.15) is 99.3 Å². The number of allylic oxidation sites excluding steroid dienone is 2. The van der Waals surface area contributed by atoms with E-state index in [1.807, 2.05) is 0 Å². The van der Waals surface area contributed by atoms with Gasteiger partial charge in [-0.05, 0) is 98.2 Å². The molecule has 0 amide bonds. The lowest BCUT2D eigenvalue weighted by atomic mass is 9.44. The van der Waals surface area contributed by atoms with Crippen LogP contribution in [0.5, 0.6) is 0 Å². The number of hydrogen-bond donors (Lipinski definition) is 1. The fraction of sp³-hybridized carbons (Fsp3) is 0.931. The number of aliphatic hydroxyl groups is 1. The molecule has 2 nitrogen and oxygen atoms in total. The molecule has 31 heavy (non-hydrogen) atoms. The molecule has 2 unspecified atom stereocenters. The summed E-state index contributed by atoms with van der Waals surface area (Å²) in [5, 5.41) is 10.4. The molecule has 0 radical (unpaired) electrons. The summed E-state index contributed by atoms with van der Waals surface area (Å²) in [5.74, 6) is 5.54. The van der Waals surface area contributed by atoms with Crippen molar-refractivity contribution < 1.29 is 9.84 Å². The number of fused-ring (bicyclic) bond motifs is 4. The van der Waals surface area contributed by atoms with Crippen LogP contribution in [0.15, 0.2) is 12.2 Å². The highest BCUT2D eigenvalue weighted by Crippen LogP contribution is 2.74. The summed E-state index contributed by atoms with van der Waals surface area (Å²) >= 11 is 0. The zero-order valence-corrected chi connectivity index (χ0v) is 21.1. The van der Waals surface area contributed by atoms with Crippen LogP contribution in [0.3, 0.4) is 0 Å². The lowest BCUT2D eigenvalue weighted by molar-refractivity contribution is -0.115. The van der Waals surface area contributed by atoms with Crippen molar-refractivity contribution in [3.8, 4) is 0 Å². The Labute approximate surface area is 191 Å². The molecule has 1 spiro atoms. The molecule has 5 aliphatic rings. The van der Waals surface area contributed by atoms with E-state index in [1.54, 1.807) is 0 Å². The minimum atomic E-state index is -0.134. The van der Waals surface area contributed by atoms with Gasteiger partial charge in [0.25, 0.3) is 0 Å². The van der Waals surface area contributed by atoms with Gasteiger partial charge in [-0.3, -0.25) is 0 Å². The second-order valence-electron chi connectivity index (χ2n) is 13.2. The highest BCUT2D eigenvalue weighted by Gasteiger charge is 2.76. The molecule has 4 saturated carbocycles. The van der Waals surface area contributed by atoms with Gasteiger partial charge < -0.3 is 9.84 Å². The summed E-state index contributed by atoms with van der Waals surface area (Å²) in [6, 6.07) is 0. The molecule has 0 bridgehead atoms. The lowest BCUT2D eigenvalue weighted by Gasteiger charge is -2.59. The van der Waals surface area contributed by atoms with E-state index in [9.17, 15) is 5.11 Å². The molecule has 0 aromatic carbocycles. The van der Waals surface area contributed by atoms with Gasteiger partial charge in [0.15, 0.2) is 0 Å². The number of hydrogen-bond acceptors (Lipinski definition) is 2. The molecule has 5 fully saturated rings. The van der Waals surface area contributed by atoms with Crippen molar-refractivity contribution in [3.63, 3.8) is 0 Å². The van der Waals surface area contributed by atoms with Crippen molar-refractivity contribution in [2.75, 3.05) is 0 Å². The summed E-state index contributed by atoms with van der Waals surface area (Å²) in [6.07, 6.45) is 16.7. The van der Waals surface area contributed by atoms with Gasteiger partial charge in [0.1, 0.15) is 5.60 Å². The first-order chi connectivity index (χ1) is 14.7. The van der Waals surface area contributed by atoms with Gasteiger partial charge in [0.05, 0.1) is 12.2 Å². The van der Waals surface area contributed by atoms with Crippen LogP contribution < -0.4 is 0 Å². The van der Waals surface area contributed by atoms with Gasteiger partial charge in [0.2, 0.25) is 0 Å². The van der Waals surface area contributed by atoms with Crippen molar-refractivity contribution in [3.05, 3.63) is 12.2 Å². The van der Waals surface area contributed by atoms with Crippen molar-refractivity contribution in [1.29, 1.82) is 0 Å². The maximum atomic E-state index is 10.4.